The van der Waals surface area contributed by atoms with Crippen molar-refractivity contribution in [2.24, 2.45) is 7.05 Å². The number of hydrogen-bond donors (Lipinski definition) is 0. The van der Waals surface area contributed by atoms with Gasteiger partial charge in [-0.05, 0) is 38.5 Å². The van der Waals surface area contributed by atoms with Gasteiger partial charge in [0, 0.05) is 18.4 Å². The van der Waals surface area contributed by atoms with E-state index in [-0.39, 0.29) is 12.1 Å². The predicted octanol–water partition coefficient (Wildman–Crippen LogP) is 2.40. The molecule has 4 aromatic rings. The van der Waals surface area contributed by atoms with Crippen molar-refractivity contribution in [1.29, 1.82) is 0 Å². The SMILES string of the molecule is C=C(C)Cn1c(=O)c2c(nc3n(Cc4ccc(OC)cc4)c(C)c(C)n23)n(C)c1=O. The molecule has 0 N–H and O–H groups in total. The van der Waals surface area contributed by atoms with Crippen LogP contribution in [-0.4, -0.2) is 30.2 Å². The summed E-state index contributed by atoms with van der Waals surface area (Å²) in [5.41, 5.74) is 3.78. The van der Waals surface area contributed by atoms with Crippen LogP contribution in [0.4, 0.5) is 0 Å². The molecule has 0 bridgehead atoms. The number of aryl methyl sites for hydroxylation is 2. The standard InChI is InChI=1S/C22H25N5O3/c1-13(2)11-26-20(28)18-19(24(5)22(26)29)23-21-25(14(3)15(4)27(18)21)12-16-7-9-17(30-6)10-8-16/h7-10H,1,11-12H2,2-6H3. The lowest BCUT2D eigenvalue weighted by atomic mass is 10.2. The van der Waals surface area contributed by atoms with Crippen LogP contribution in [0.2, 0.25) is 0 Å². The van der Waals surface area contributed by atoms with E-state index in [1.54, 1.807) is 21.1 Å². The van der Waals surface area contributed by atoms with Gasteiger partial charge in [-0.2, -0.15) is 4.98 Å². The fraction of sp³-hybridized carbons (Fsp3) is 0.318. The molecule has 8 heteroatoms. The Balaban J connectivity index is 1.99. The van der Waals surface area contributed by atoms with Gasteiger partial charge in [0.1, 0.15) is 5.75 Å². The molecular weight excluding hydrogens is 382 g/mol. The van der Waals surface area contributed by atoms with E-state index in [0.717, 1.165) is 28.3 Å². The van der Waals surface area contributed by atoms with Crippen molar-refractivity contribution in [2.45, 2.75) is 33.9 Å². The van der Waals surface area contributed by atoms with Gasteiger partial charge in [0.05, 0.1) is 20.2 Å². The summed E-state index contributed by atoms with van der Waals surface area (Å²) < 4.78 is 11.8. The number of hydrogen-bond acceptors (Lipinski definition) is 4. The van der Waals surface area contributed by atoms with Crippen LogP contribution in [0.15, 0.2) is 46.0 Å². The molecule has 0 atom stereocenters. The van der Waals surface area contributed by atoms with Gasteiger partial charge in [0.15, 0.2) is 11.2 Å². The van der Waals surface area contributed by atoms with Crippen LogP contribution in [0.3, 0.4) is 0 Å². The molecule has 0 saturated carbocycles. The molecule has 0 aliphatic heterocycles. The highest BCUT2D eigenvalue weighted by Gasteiger charge is 2.22. The molecule has 3 aromatic heterocycles. The zero-order valence-electron chi connectivity index (χ0n) is 17.9. The lowest BCUT2D eigenvalue weighted by Gasteiger charge is -2.08. The first-order chi connectivity index (χ1) is 14.2. The Morgan fingerprint density at radius 2 is 1.77 bits per heavy atom. The maximum Gasteiger partial charge on any atom is 0.332 e. The van der Waals surface area contributed by atoms with Crippen LogP contribution < -0.4 is 16.0 Å². The van der Waals surface area contributed by atoms with Gasteiger partial charge >= 0.3 is 5.69 Å². The van der Waals surface area contributed by atoms with E-state index in [4.69, 9.17) is 9.72 Å². The zero-order chi connectivity index (χ0) is 21.7. The summed E-state index contributed by atoms with van der Waals surface area (Å²) in [6, 6.07) is 7.84. The Hall–Kier alpha value is -3.55. The Kier molecular flexibility index (Phi) is 4.64. The van der Waals surface area contributed by atoms with Crippen LogP contribution in [0.5, 0.6) is 5.75 Å². The number of aromatic nitrogens is 5. The molecule has 0 saturated heterocycles. The number of allylic oxidation sites excluding steroid dienone is 1. The molecule has 0 amide bonds. The smallest absolute Gasteiger partial charge is 0.332 e. The van der Waals surface area contributed by atoms with Crippen molar-refractivity contribution in [2.75, 3.05) is 7.11 Å². The van der Waals surface area contributed by atoms with E-state index in [1.165, 1.54) is 9.13 Å². The van der Waals surface area contributed by atoms with Crippen molar-refractivity contribution >= 4 is 16.9 Å². The van der Waals surface area contributed by atoms with E-state index in [2.05, 4.69) is 11.1 Å². The zero-order valence-corrected chi connectivity index (χ0v) is 17.9. The second-order valence-corrected chi connectivity index (χ2v) is 7.71. The van der Waals surface area contributed by atoms with E-state index in [0.29, 0.717) is 23.5 Å². The molecule has 0 aliphatic rings. The third-order valence-electron chi connectivity index (χ3n) is 5.56. The summed E-state index contributed by atoms with van der Waals surface area (Å²) >= 11 is 0. The topological polar surface area (TPSA) is 75.5 Å². The first-order valence-electron chi connectivity index (χ1n) is 9.69. The second-order valence-electron chi connectivity index (χ2n) is 7.71. The predicted molar refractivity (Wildman–Crippen MR) is 117 cm³/mol. The summed E-state index contributed by atoms with van der Waals surface area (Å²) in [5, 5.41) is 0. The maximum atomic E-state index is 13.2. The first-order valence-corrected chi connectivity index (χ1v) is 9.69. The monoisotopic (exact) mass is 407 g/mol. The van der Waals surface area contributed by atoms with Crippen molar-refractivity contribution in [3.63, 3.8) is 0 Å². The van der Waals surface area contributed by atoms with Gasteiger partial charge in [0.2, 0.25) is 5.78 Å². The van der Waals surface area contributed by atoms with Gasteiger partial charge in [-0.3, -0.25) is 18.3 Å². The highest BCUT2D eigenvalue weighted by Crippen LogP contribution is 2.22. The molecule has 0 radical (unpaired) electrons. The highest BCUT2D eigenvalue weighted by molar-refractivity contribution is 5.76. The number of imidazole rings is 2. The lowest BCUT2D eigenvalue weighted by molar-refractivity contribution is 0.414. The minimum Gasteiger partial charge on any atom is -0.497 e. The van der Waals surface area contributed by atoms with Crippen LogP contribution in [0.25, 0.3) is 16.9 Å². The second kappa shape index (κ2) is 7.05. The molecule has 156 valence electrons. The Labute approximate surface area is 173 Å². The molecule has 0 aliphatic carbocycles. The maximum absolute atomic E-state index is 13.2. The summed E-state index contributed by atoms with van der Waals surface area (Å²) in [4.78, 5) is 30.7. The minimum atomic E-state index is -0.396. The van der Waals surface area contributed by atoms with E-state index in [1.807, 2.05) is 42.5 Å². The minimum absolute atomic E-state index is 0.180. The van der Waals surface area contributed by atoms with Crippen molar-refractivity contribution < 1.29 is 4.74 Å². The molecule has 1 aromatic carbocycles. The number of fused-ring (bicyclic) bond motifs is 3. The lowest BCUT2D eigenvalue weighted by Crippen LogP contribution is -2.39. The molecule has 0 fully saturated rings. The van der Waals surface area contributed by atoms with Gasteiger partial charge in [-0.1, -0.05) is 24.3 Å². The van der Waals surface area contributed by atoms with Crippen molar-refractivity contribution in [1.82, 2.24) is 23.1 Å². The van der Waals surface area contributed by atoms with Gasteiger partial charge < -0.3 is 9.30 Å². The number of ether oxygens (including phenoxy) is 1. The number of benzene rings is 1. The van der Waals surface area contributed by atoms with Gasteiger partial charge in [-0.15, -0.1) is 0 Å². The van der Waals surface area contributed by atoms with Gasteiger partial charge in [-0.25, -0.2) is 4.79 Å². The van der Waals surface area contributed by atoms with E-state index >= 15 is 0 Å². The molecule has 30 heavy (non-hydrogen) atoms. The Morgan fingerprint density at radius 1 is 1.10 bits per heavy atom. The summed E-state index contributed by atoms with van der Waals surface area (Å²) in [6.07, 6.45) is 0. The Bertz CT molecular complexity index is 1410. The number of methoxy groups -OCH3 is 1. The molecule has 3 heterocycles. The van der Waals surface area contributed by atoms with E-state index in [9.17, 15) is 9.59 Å². The van der Waals surface area contributed by atoms with Crippen molar-refractivity contribution in [3.8, 4) is 5.75 Å². The van der Waals surface area contributed by atoms with Crippen molar-refractivity contribution in [3.05, 3.63) is 74.2 Å². The fourth-order valence-corrected chi connectivity index (χ4v) is 3.83. The van der Waals surface area contributed by atoms with E-state index < -0.39 is 5.69 Å². The number of nitrogens with zero attached hydrogens (tertiary/aromatic N) is 5. The highest BCUT2D eigenvalue weighted by atomic mass is 16.5. The molecule has 0 spiro atoms. The fourth-order valence-electron chi connectivity index (χ4n) is 3.83. The third kappa shape index (κ3) is 2.87. The normalized spacial score (nSPS) is 11.5. The molecule has 0 unspecified atom stereocenters. The van der Waals surface area contributed by atoms with Gasteiger partial charge in [0.25, 0.3) is 5.56 Å². The van der Waals surface area contributed by atoms with Crippen LogP contribution >= 0.6 is 0 Å². The average molecular weight is 407 g/mol. The average Bonchev–Trinajstić information content (AvgIpc) is 3.22. The van der Waals surface area contributed by atoms with Crippen LogP contribution in [0, 0.1) is 13.8 Å². The summed E-state index contributed by atoms with van der Waals surface area (Å²) in [5.74, 6) is 1.43. The summed E-state index contributed by atoms with van der Waals surface area (Å²) in [6.45, 7) is 10.4. The largest absolute Gasteiger partial charge is 0.497 e. The van der Waals surface area contributed by atoms with Crippen LogP contribution in [-0.2, 0) is 20.1 Å². The number of rotatable bonds is 5. The Morgan fingerprint density at radius 3 is 2.37 bits per heavy atom. The quantitative estimate of drug-likeness (QED) is 0.476. The summed E-state index contributed by atoms with van der Waals surface area (Å²) in [7, 11) is 3.28. The third-order valence-corrected chi connectivity index (χ3v) is 5.56. The molecule has 4 rings (SSSR count). The van der Waals surface area contributed by atoms with Crippen LogP contribution in [0.1, 0.15) is 23.9 Å². The first kappa shape index (κ1) is 19.8. The molecular formula is C22H25N5O3. The molecule has 8 nitrogen and oxygen atoms in total.